The van der Waals surface area contributed by atoms with Gasteiger partial charge < -0.3 is 10.1 Å². The van der Waals surface area contributed by atoms with Crippen LogP contribution < -0.4 is 5.32 Å². The van der Waals surface area contributed by atoms with Crippen molar-refractivity contribution < 1.29 is 4.74 Å². The molecule has 1 aliphatic rings. The summed E-state index contributed by atoms with van der Waals surface area (Å²) in [5.41, 5.74) is 0.945. The van der Waals surface area contributed by atoms with Crippen LogP contribution in [0.3, 0.4) is 0 Å². The van der Waals surface area contributed by atoms with E-state index in [4.69, 9.17) is 4.74 Å². The molecule has 1 aromatic heterocycles. The Balaban J connectivity index is 1.92. The van der Waals surface area contributed by atoms with Gasteiger partial charge in [-0.2, -0.15) is 0 Å². The summed E-state index contributed by atoms with van der Waals surface area (Å²) in [5, 5.41) is 4.26. The van der Waals surface area contributed by atoms with Gasteiger partial charge in [0.05, 0.1) is 24.8 Å². The summed E-state index contributed by atoms with van der Waals surface area (Å²) in [6.45, 7) is 1.48. The van der Waals surface area contributed by atoms with Gasteiger partial charge in [-0.15, -0.1) is 0 Å². The zero-order valence-corrected chi connectivity index (χ0v) is 10.1. The monoisotopic (exact) mass is 279 g/mol. The van der Waals surface area contributed by atoms with Gasteiger partial charge in [-0.1, -0.05) is 15.9 Å². The molecule has 0 spiro atoms. The van der Waals surface area contributed by atoms with E-state index in [0.717, 1.165) is 28.6 Å². The first-order chi connectivity index (χ1) is 7.81. The van der Waals surface area contributed by atoms with Gasteiger partial charge in [-0.25, -0.2) is 9.97 Å². The van der Waals surface area contributed by atoms with Crippen LogP contribution in [0.2, 0.25) is 0 Å². The third-order valence-corrected chi connectivity index (χ3v) is 3.01. The number of aromatic nitrogens is 2. The van der Waals surface area contributed by atoms with Crippen molar-refractivity contribution in [1.82, 2.24) is 9.97 Å². The summed E-state index contributed by atoms with van der Waals surface area (Å²) in [5.74, 6) is 0.670. The van der Waals surface area contributed by atoms with Gasteiger partial charge in [0.2, 0.25) is 5.95 Å². The fraction of sp³-hybridized carbons (Fsp3) is 0.273. The van der Waals surface area contributed by atoms with Crippen molar-refractivity contribution in [3.63, 3.8) is 0 Å². The lowest BCUT2D eigenvalue weighted by Crippen LogP contribution is -2.40. The summed E-state index contributed by atoms with van der Waals surface area (Å²) >= 11 is 3.42. The molecule has 0 atom stereocenters. The minimum atomic E-state index is 0.355. The van der Waals surface area contributed by atoms with Gasteiger partial charge in [0.1, 0.15) is 0 Å². The minimum Gasteiger partial charge on any atom is -0.377 e. The highest BCUT2D eigenvalue weighted by Crippen LogP contribution is 2.19. The fourth-order valence-corrected chi connectivity index (χ4v) is 1.95. The first-order valence-electron chi connectivity index (χ1n) is 5.08. The van der Waals surface area contributed by atoms with E-state index in [0.29, 0.717) is 12.0 Å². The zero-order valence-electron chi connectivity index (χ0n) is 8.48. The molecule has 2 aromatic rings. The molecule has 1 aromatic carbocycles. The first-order valence-corrected chi connectivity index (χ1v) is 5.87. The number of ether oxygens (including phenoxy) is 1. The molecule has 82 valence electrons. The second-order valence-electron chi connectivity index (χ2n) is 3.78. The van der Waals surface area contributed by atoms with Crippen LogP contribution in [-0.4, -0.2) is 29.2 Å². The van der Waals surface area contributed by atoms with Crippen molar-refractivity contribution in [2.75, 3.05) is 18.5 Å². The fourth-order valence-electron chi connectivity index (χ4n) is 1.58. The normalized spacial score (nSPS) is 16.1. The van der Waals surface area contributed by atoms with Crippen LogP contribution in [0, 0.1) is 0 Å². The Labute approximate surface area is 101 Å². The number of fused-ring (bicyclic) bond motifs is 1. The molecule has 0 bridgehead atoms. The standard InChI is InChI=1S/C11H10BrN3O/c12-8-1-2-10-7(3-8)4-13-11(15-10)14-9-5-16-6-9/h1-4,9H,5-6H2,(H,13,14,15). The van der Waals surface area contributed by atoms with Gasteiger partial charge >= 0.3 is 0 Å². The van der Waals surface area contributed by atoms with E-state index >= 15 is 0 Å². The highest BCUT2D eigenvalue weighted by atomic mass is 79.9. The number of benzene rings is 1. The summed E-state index contributed by atoms with van der Waals surface area (Å²) in [4.78, 5) is 8.71. The smallest absolute Gasteiger partial charge is 0.223 e. The third kappa shape index (κ3) is 1.88. The Morgan fingerprint density at radius 3 is 3.00 bits per heavy atom. The summed E-state index contributed by atoms with van der Waals surface area (Å²) in [6, 6.07) is 6.31. The van der Waals surface area contributed by atoms with E-state index in [1.165, 1.54) is 0 Å². The predicted molar refractivity (Wildman–Crippen MR) is 65.5 cm³/mol. The van der Waals surface area contributed by atoms with Crippen LogP contribution in [0.1, 0.15) is 0 Å². The lowest BCUT2D eigenvalue weighted by Gasteiger charge is -2.26. The third-order valence-electron chi connectivity index (χ3n) is 2.51. The zero-order chi connectivity index (χ0) is 11.0. The van der Waals surface area contributed by atoms with E-state index in [-0.39, 0.29) is 0 Å². The van der Waals surface area contributed by atoms with Crippen LogP contribution >= 0.6 is 15.9 Å². The molecule has 1 N–H and O–H groups in total. The molecule has 4 nitrogen and oxygen atoms in total. The van der Waals surface area contributed by atoms with E-state index in [1.54, 1.807) is 0 Å². The van der Waals surface area contributed by atoms with Gasteiger partial charge in [0, 0.05) is 16.1 Å². The number of nitrogens with one attached hydrogen (secondary N) is 1. The van der Waals surface area contributed by atoms with Crippen molar-refractivity contribution in [2.24, 2.45) is 0 Å². The van der Waals surface area contributed by atoms with Crippen LogP contribution in [0.15, 0.2) is 28.9 Å². The lowest BCUT2D eigenvalue weighted by atomic mass is 10.2. The van der Waals surface area contributed by atoms with Crippen LogP contribution in [-0.2, 0) is 4.74 Å². The van der Waals surface area contributed by atoms with Crippen molar-refractivity contribution >= 4 is 32.8 Å². The van der Waals surface area contributed by atoms with Gasteiger partial charge in [0.25, 0.3) is 0 Å². The second-order valence-corrected chi connectivity index (χ2v) is 4.69. The maximum absolute atomic E-state index is 5.09. The van der Waals surface area contributed by atoms with E-state index in [9.17, 15) is 0 Å². The average molecular weight is 280 g/mol. The van der Waals surface area contributed by atoms with Gasteiger partial charge in [-0.3, -0.25) is 0 Å². The van der Waals surface area contributed by atoms with E-state index in [2.05, 4.69) is 31.2 Å². The molecule has 0 radical (unpaired) electrons. The Hall–Kier alpha value is -1.20. The predicted octanol–water partition coefficient (Wildman–Crippen LogP) is 2.20. The Kier molecular flexibility index (Phi) is 2.49. The molecule has 2 heterocycles. The van der Waals surface area contributed by atoms with Gasteiger partial charge in [-0.05, 0) is 18.2 Å². The maximum Gasteiger partial charge on any atom is 0.223 e. The molecule has 1 aliphatic heterocycles. The summed E-state index contributed by atoms with van der Waals surface area (Å²) < 4.78 is 6.12. The molecule has 1 fully saturated rings. The highest BCUT2D eigenvalue weighted by molar-refractivity contribution is 9.10. The molecule has 0 aliphatic carbocycles. The van der Waals surface area contributed by atoms with Crippen LogP contribution in [0.4, 0.5) is 5.95 Å². The first kappa shape index (κ1) is 9.99. The molecule has 0 amide bonds. The number of hydrogen-bond acceptors (Lipinski definition) is 4. The summed E-state index contributed by atoms with van der Waals surface area (Å²) in [6.07, 6.45) is 1.83. The van der Waals surface area contributed by atoms with Crippen molar-refractivity contribution in [3.8, 4) is 0 Å². The van der Waals surface area contributed by atoms with Crippen molar-refractivity contribution in [1.29, 1.82) is 0 Å². The molecule has 16 heavy (non-hydrogen) atoms. The Morgan fingerprint density at radius 2 is 2.25 bits per heavy atom. The number of anilines is 1. The molecular formula is C11H10BrN3O. The Bertz CT molecular complexity index is 528. The highest BCUT2D eigenvalue weighted by Gasteiger charge is 2.18. The second kappa shape index (κ2) is 3.99. The quantitative estimate of drug-likeness (QED) is 0.916. The molecule has 1 saturated heterocycles. The SMILES string of the molecule is Brc1ccc2nc(NC3COC3)ncc2c1. The number of rotatable bonds is 2. The van der Waals surface area contributed by atoms with E-state index in [1.807, 2.05) is 24.4 Å². The van der Waals surface area contributed by atoms with Gasteiger partial charge in [0.15, 0.2) is 0 Å². The molecule has 0 saturated carbocycles. The molecule has 3 rings (SSSR count). The van der Waals surface area contributed by atoms with Crippen LogP contribution in [0.25, 0.3) is 10.9 Å². The number of halogens is 1. The molecule has 0 unspecified atom stereocenters. The van der Waals surface area contributed by atoms with Crippen molar-refractivity contribution in [2.45, 2.75) is 6.04 Å². The summed E-state index contributed by atoms with van der Waals surface area (Å²) in [7, 11) is 0. The molecule has 5 heteroatoms. The number of hydrogen-bond donors (Lipinski definition) is 1. The average Bonchev–Trinajstić information content (AvgIpc) is 2.23. The topological polar surface area (TPSA) is 47.0 Å². The largest absolute Gasteiger partial charge is 0.377 e. The number of nitrogens with zero attached hydrogens (tertiary/aromatic N) is 2. The van der Waals surface area contributed by atoms with Crippen LogP contribution in [0.5, 0.6) is 0 Å². The lowest BCUT2D eigenvalue weighted by molar-refractivity contribution is 0.0208. The maximum atomic E-state index is 5.09. The van der Waals surface area contributed by atoms with Crippen molar-refractivity contribution in [3.05, 3.63) is 28.9 Å². The molecular weight excluding hydrogens is 270 g/mol. The minimum absolute atomic E-state index is 0.355. The Morgan fingerprint density at radius 1 is 1.38 bits per heavy atom. The van der Waals surface area contributed by atoms with E-state index < -0.39 is 0 Å².